The van der Waals surface area contributed by atoms with E-state index < -0.39 is 0 Å². The summed E-state index contributed by atoms with van der Waals surface area (Å²) in [6.07, 6.45) is 1.91. The maximum Gasteiger partial charge on any atom is 0.0596 e. The third-order valence-corrected chi connectivity index (χ3v) is 2.34. The highest BCUT2D eigenvalue weighted by Crippen LogP contribution is 2.01. The van der Waals surface area contributed by atoms with Gasteiger partial charge in [-0.25, -0.2) is 0 Å². The Labute approximate surface area is 91.3 Å². The van der Waals surface area contributed by atoms with Gasteiger partial charge < -0.3 is 10.4 Å². The minimum atomic E-state index is 0.268. The van der Waals surface area contributed by atoms with Crippen LogP contribution in [0.1, 0.15) is 24.2 Å². The zero-order valence-corrected chi connectivity index (χ0v) is 9.66. The van der Waals surface area contributed by atoms with Gasteiger partial charge in [-0.15, -0.1) is 0 Å². The fraction of sp³-hybridized carbons (Fsp3) is 0.727. The lowest BCUT2D eigenvalue weighted by atomic mass is 10.3. The molecule has 0 fully saturated rings. The molecule has 4 nitrogen and oxygen atoms in total. The number of nitrogens with one attached hydrogen (secondary N) is 1. The van der Waals surface area contributed by atoms with Gasteiger partial charge in [-0.3, -0.25) is 4.68 Å². The van der Waals surface area contributed by atoms with Crippen molar-refractivity contribution in [2.75, 3.05) is 19.7 Å². The van der Waals surface area contributed by atoms with Crippen molar-refractivity contribution in [3.63, 3.8) is 0 Å². The topological polar surface area (TPSA) is 50.1 Å². The van der Waals surface area contributed by atoms with Crippen molar-refractivity contribution < 1.29 is 5.11 Å². The highest BCUT2D eigenvalue weighted by atomic mass is 16.3. The van der Waals surface area contributed by atoms with E-state index in [0.717, 1.165) is 38.2 Å². The second-order valence-electron chi connectivity index (χ2n) is 3.83. The molecule has 0 radical (unpaired) electrons. The zero-order chi connectivity index (χ0) is 11.1. The molecule has 1 aromatic rings. The maximum atomic E-state index is 8.59. The molecule has 0 bridgehead atoms. The predicted molar refractivity (Wildman–Crippen MR) is 60.9 cm³/mol. The maximum absolute atomic E-state index is 8.59. The van der Waals surface area contributed by atoms with E-state index in [0.29, 0.717) is 0 Å². The highest BCUT2D eigenvalue weighted by molar-refractivity contribution is 5.06. The Morgan fingerprint density at radius 3 is 2.67 bits per heavy atom. The van der Waals surface area contributed by atoms with E-state index in [-0.39, 0.29) is 6.61 Å². The molecule has 86 valence electrons. The van der Waals surface area contributed by atoms with Crippen molar-refractivity contribution in [1.29, 1.82) is 0 Å². The van der Waals surface area contributed by atoms with Gasteiger partial charge in [-0.05, 0) is 45.8 Å². The van der Waals surface area contributed by atoms with E-state index >= 15 is 0 Å². The van der Waals surface area contributed by atoms with Crippen LogP contribution in [-0.4, -0.2) is 34.6 Å². The Balaban J connectivity index is 2.12. The molecule has 1 heterocycles. The molecule has 2 N–H and O–H groups in total. The number of hydrogen-bond acceptors (Lipinski definition) is 3. The van der Waals surface area contributed by atoms with Gasteiger partial charge in [-0.1, -0.05) is 0 Å². The molecule has 0 aliphatic carbocycles. The Morgan fingerprint density at radius 1 is 1.33 bits per heavy atom. The molecular weight excluding hydrogens is 190 g/mol. The number of nitrogens with zero attached hydrogens (tertiary/aromatic N) is 2. The summed E-state index contributed by atoms with van der Waals surface area (Å²) in [7, 11) is 0. The molecule has 4 heteroatoms. The summed E-state index contributed by atoms with van der Waals surface area (Å²) in [5.74, 6) is 0. The van der Waals surface area contributed by atoms with Crippen molar-refractivity contribution in [3.8, 4) is 0 Å². The average molecular weight is 211 g/mol. The summed E-state index contributed by atoms with van der Waals surface area (Å²) in [4.78, 5) is 0. The van der Waals surface area contributed by atoms with Gasteiger partial charge in [0.05, 0.1) is 5.69 Å². The Hall–Kier alpha value is -0.870. The lowest BCUT2D eigenvalue weighted by molar-refractivity contribution is 0.286. The zero-order valence-electron chi connectivity index (χ0n) is 9.66. The minimum Gasteiger partial charge on any atom is -0.396 e. The van der Waals surface area contributed by atoms with Crippen molar-refractivity contribution in [2.45, 2.75) is 33.2 Å². The van der Waals surface area contributed by atoms with Crippen molar-refractivity contribution in [2.24, 2.45) is 0 Å². The number of rotatable bonds is 7. The van der Waals surface area contributed by atoms with Crippen LogP contribution < -0.4 is 5.32 Å². The predicted octanol–water partition coefficient (Wildman–Crippen LogP) is 0.862. The molecule has 0 saturated carbocycles. The largest absolute Gasteiger partial charge is 0.396 e. The first-order valence-electron chi connectivity index (χ1n) is 5.56. The minimum absolute atomic E-state index is 0.268. The Bertz CT molecular complexity index is 283. The van der Waals surface area contributed by atoms with Crippen LogP contribution in [0.3, 0.4) is 0 Å². The van der Waals surface area contributed by atoms with E-state index in [1.54, 1.807) is 0 Å². The third kappa shape index (κ3) is 4.44. The van der Waals surface area contributed by atoms with Crippen LogP contribution in [0.25, 0.3) is 0 Å². The molecule has 0 unspecified atom stereocenters. The van der Waals surface area contributed by atoms with Gasteiger partial charge in [0.15, 0.2) is 0 Å². The molecule has 0 atom stereocenters. The fourth-order valence-corrected chi connectivity index (χ4v) is 1.58. The summed E-state index contributed by atoms with van der Waals surface area (Å²) in [6, 6.07) is 2.10. The van der Waals surface area contributed by atoms with Crippen molar-refractivity contribution >= 4 is 0 Å². The standard InChI is InChI=1S/C11H21N3O/c1-10-9-11(2)14(13-10)7-3-5-12-6-4-8-15/h9,12,15H,3-8H2,1-2H3. The van der Waals surface area contributed by atoms with Crippen LogP contribution in [0, 0.1) is 13.8 Å². The van der Waals surface area contributed by atoms with E-state index in [1.165, 1.54) is 5.69 Å². The number of aliphatic hydroxyl groups excluding tert-OH is 1. The van der Waals surface area contributed by atoms with Crippen LogP contribution in [0.4, 0.5) is 0 Å². The van der Waals surface area contributed by atoms with E-state index in [9.17, 15) is 0 Å². The van der Waals surface area contributed by atoms with Crippen LogP contribution in [0.15, 0.2) is 6.07 Å². The molecule has 0 aromatic carbocycles. The normalized spacial score (nSPS) is 10.9. The summed E-state index contributed by atoms with van der Waals surface area (Å²) < 4.78 is 2.04. The van der Waals surface area contributed by atoms with Crippen LogP contribution in [0.2, 0.25) is 0 Å². The molecule has 0 amide bonds. The summed E-state index contributed by atoms with van der Waals surface area (Å²) in [6.45, 7) is 7.21. The van der Waals surface area contributed by atoms with Crippen LogP contribution in [-0.2, 0) is 6.54 Å². The summed E-state index contributed by atoms with van der Waals surface area (Å²) in [5.41, 5.74) is 2.31. The first kappa shape index (κ1) is 12.2. The number of aromatic nitrogens is 2. The first-order valence-corrected chi connectivity index (χ1v) is 5.56. The van der Waals surface area contributed by atoms with Gasteiger partial charge in [-0.2, -0.15) is 5.10 Å². The monoisotopic (exact) mass is 211 g/mol. The van der Waals surface area contributed by atoms with Gasteiger partial charge in [0.2, 0.25) is 0 Å². The fourth-order valence-electron chi connectivity index (χ4n) is 1.58. The molecular formula is C11H21N3O. The molecule has 0 spiro atoms. The lowest BCUT2D eigenvalue weighted by Crippen LogP contribution is -2.19. The summed E-state index contributed by atoms with van der Waals surface area (Å²) >= 11 is 0. The first-order chi connectivity index (χ1) is 7.24. The number of aliphatic hydroxyl groups is 1. The number of aryl methyl sites for hydroxylation is 3. The third-order valence-electron chi connectivity index (χ3n) is 2.34. The van der Waals surface area contributed by atoms with E-state index in [2.05, 4.69) is 23.4 Å². The van der Waals surface area contributed by atoms with Crippen LogP contribution >= 0.6 is 0 Å². The van der Waals surface area contributed by atoms with Crippen molar-refractivity contribution in [1.82, 2.24) is 15.1 Å². The second kappa shape index (κ2) is 6.58. The Kier molecular flexibility index (Phi) is 5.36. The second-order valence-corrected chi connectivity index (χ2v) is 3.83. The Morgan fingerprint density at radius 2 is 2.07 bits per heavy atom. The molecule has 1 aromatic heterocycles. The molecule has 0 saturated heterocycles. The average Bonchev–Trinajstić information content (AvgIpc) is 2.51. The van der Waals surface area contributed by atoms with Gasteiger partial charge in [0.25, 0.3) is 0 Å². The van der Waals surface area contributed by atoms with Gasteiger partial charge >= 0.3 is 0 Å². The smallest absolute Gasteiger partial charge is 0.0596 e. The SMILES string of the molecule is Cc1cc(C)n(CCCNCCCO)n1. The van der Waals surface area contributed by atoms with E-state index in [4.69, 9.17) is 5.11 Å². The lowest BCUT2D eigenvalue weighted by Gasteiger charge is -2.05. The highest BCUT2D eigenvalue weighted by Gasteiger charge is 1.99. The van der Waals surface area contributed by atoms with Gasteiger partial charge in [0.1, 0.15) is 0 Å². The van der Waals surface area contributed by atoms with E-state index in [1.807, 2.05) is 11.6 Å². The molecule has 0 aliphatic heterocycles. The van der Waals surface area contributed by atoms with Gasteiger partial charge in [0, 0.05) is 18.8 Å². The molecule has 15 heavy (non-hydrogen) atoms. The number of hydrogen-bond donors (Lipinski definition) is 2. The van der Waals surface area contributed by atoms with Crippen LogP contribution in [0.5, 0.6) is 0 Å². The molecule has 0 aliphatic rings. The molecule has 1 rings (SSSR count). The quantitative estimate of drug-likeness (QED) is 0.658. The van der Waals surface area contributed by atoms with Crippen molar-refractivity contribution in [3.05, 3.63) is 17.5 Å². The summed E-state index contributed by atoms with van der Waals surface area (Å²) in [5, 5.41) is 16.3.